The Balaban J connectivity index is 2.24. The van der Waals surface area contributed by atoms with Crippen LogP contribution in [0.4, 0.5) is 0 Å². The summed E-state index contributed by atoms with van der Waals surface area (Å²) in [5, 5.41) is 0. The van der Waals surface area contributed by atoms with Crippen LogP contribution in [0.5, 0.6) is 0 Å². The second kappa shape index (κ2) is 7.74. The summed E-state index contributed by atoms with van der Waals surface area (Å²) >= 11 is 0. The van der Waals surface area contributed by atoms with Gasteiger partial charge in [-0.3, -0.25) is 0 Å². The number of rotatable bonds is 6. The van der Waals surface area contributed by atoms with Crippen LogP contribution in [0.25, 0.3) is 0 Å². The molecule has 1 heterocycles. The smallest absolute Gasteiger partial charge is 0.403 e. The van der Waals surface area contributed by atoms with Crippen LogP contribution in [0.1, 0.15) is 61.0 Å². The maximum absolute atomic E-state index is 12.6. The van der Waals surface area contributed by atoms with E-state index in [4.69, 9.17) is 9.31 Å². The Morgan fingerprint density at radius 3 is 2.04 bits per heavy atom. The summed E-state index contributed by atoms with van der Waals surface area (Å²) < 4.78 is 28.2. The van der Waals surface area contributed by atoms with E-state index < -0.39 is 11.0 Å². The van der Waals surface area contributed by atoms with Crippen LogP contribution in [0.3, 0.4) is 0 Å². The fraction of sp³-hybridized carbons (Fsp3) is 0.700. The molecule has 1 aliphatic heterocycles. The van der Waals surface area contributed by atoms with Gasteiger partial charge in [0.1, 0.15) is 0 Å². The Labute approximate surface area is 162 Å². The van der Waals surface area contributed by atoms with E-state index in [0.29, 0.717) is 0 Å². The summed E-state index contributed by atoms with van der Waals surface area (Å²) in [6, 6.07) is 10.3. The van der Waals surface area contributed by atoms with Crippen LogP contribution in [0.2, 0.25) is 5.82 Å². The molecule has 0 bridgehead atoms. The molecule has 3 atom stereocenters. The third-order valence-electron chi connectivity index (χ3n) is 5.43. The SMILES string of the molecule is C[C@@H](N[S@](=O)C(C)(C)C)[C@@H](Cc1ccccc1)B1OC(C)(C)C(C)(C)O1. The summed E-state index contributed by atoms with van der Waals surface area (Å²) in [6.07, 6.45) is 0.799. The molecular formula is C20H34BNO3S. The van der Waals surface area contributed by atoms with Gasteiger partial charge in [0.15, 0.2) is 0 Å². The van der Waals surface area contributed by atoms with Gasteiger partial charge < -0.3 is 9.31 Å². The molecule has 1 N–H and O–H groups in total. The van der Waals surface area contributed by atoms with E-state index in [1.165, 1.54) is 5.56 Å². The molecule has 0 amide bonds. The Morgan fingerprint density at radius 1 is 1.08 bits per heavy atom. The first-order valence-electron chi connectivity index (χ1n) is 9.41. The maximum Gasteiger partial charge on any atom is 0.463 e. The molecule has 1 aromatic rings. The standard InChI is InChI=1S/C20H34BNO3S/c1-15(22-26(23)18(2,3)4)17(14-16-12-10-9-11-13-16)21-24-19(5,6)20(7,8)25-21/h9-13,15,17,22H,14H2,1-8H3/t15-,17-,26-/m1/s1. The van der Waals surface area contributed by atoms with Crippen LogP contribution in [0.15, 0.2) is 30.3 Å². The van der Waals surface area contributed by atoms with Crippen LogP contribution in [-0.2, 0) is 26.7 Å². The zero-order chi connectivity index (χ0) is 19.8. The van der Waals surface area contributed by atoms with Crippen LogP contribution in [0, 0.1) is 0 Å². The van der Waals surface area contributed by atoms with Crippen molar-refractivity contribution in [1.82, 2.24) is 4.72 Å². The molecule has 0 spiro atoms. The van der Waals surface area contributed by atoms with E-state index in [1.54, 1.807) is 0 Å². The van der Waals surface area contributed by atoms with Gasteiger partial charge in [0.25, 0.3) is 0 Å². The predicted molar refractivity (Wildman–Crippen MR) is 110 cm³/mol. The lowest BCUT2D eigenvalue weighted by Gasteiger charge is -2.32. The van der Waals surface area contributed by atoms with E-state index in [-0.39, 0.29) is 34.9 Å². The minimum Gasteiger partial charge on any atom is -0.403 e. The maximum atomic E-state index is 12.6. The van der Waals surface area contributed by atoms with Crippen molar-refractivity contribution < 1.29 is 13.5 Å². The normalized spacial score (nSPS) is 22.8. The molecule has 6 heteroatoms. The van der Waals surface area contributed by atoms with Gasteiger partial charge in [-0.2, -0.15) is 0 Å². The van der Waals surface area contributed by atoms with Gasteiger partial charge in [0.2, 0.25) is 0 Å². The van der Waals surface area contributed by atoms with E-state index in [9.17, 15) is 4.21 Å². The van der Waals surface area contributed by atoms with E-state index >= 15 is 0 Å². The lowest BCUT2D eigenvalue weighted by Crippen LogP contribution is -2.45. The van der Waals surface area contributed by atoms with Gasteiger partial charge in [-0.15, -0.1) is 0 Å². The third-order valence-corrected chi connectivity index (χ3v) is 7.12. The number of hydrogen-bond donors (Lipinski definition) is 1. The minimum atomic E-state index is -1.15. The monoisotopic (exact) mass is 379 g/mol. The van der Waals surface area contributed by atoms with Crippen molar-refractivity contribution in [2.24, 2.45) is 0 Å². The highest BCUT2D eigenvalue weighted by Gasteiger charge is 2.54. The van der Waals surface area contributed by atoms with Crippen LogP contribution >= 0.6 is 0 Å². The highest BCUT2D eigenvalue weighted by molar-refractivity contribution is 7.84. The highest BCUT2D eigenvalue weighted by atomic mass is 32.2. The fourth-order valence-electron chi connectivity index (χ4n) is 2.89. The first kappa shape index (κ1) is 21.6. The van der Waals surface area contributed by atoms with Crippen molar-refractivity contribution >= 4 is 18.1 Å². The predicted octanol–water partition coefficient (Wildman–Crippen LogP) is 4.13. The van der Waals surface area contributed by atoms with Crippen molar-refractivity contribution in [2.45, 2.75) is 89.6 Å². The van der Waals surface area contributed by atoms with Crippen LogP contribution < -0.4 is 4.72 Å². The third kappa shape index (κ3) is 4.97. The summed E-state index contributed by atoms with van der Waals surface area (Å²) in [4.78, 5) is 0. The molecule has 1 aromatic carbocycles. The Kier molecular flexibility index (Phi) is 6.44. The molecule has 0 saturated carbocycles. The summed E-state index contributed by atoms with van der Waals surface area (Å²) in [7, 11) is -1.49. The molecular weight excluding hydrogens is 345 g/mol. The lowest BCUT2D eigenvalue weighted by molar-refractivity contribution is 0.00578. The Morgan fingerprint density at radius 2 is 1.58 bits per heavy atom. The van der Waals surface area contributed by atoms with E-state index in [2.05, 4.69) is 51.5 Å². The van der Waals surface area contributed by atoms with Crippen molar-refractivity contribution in [3.63, 3.8) is 0 Å². The second-order valence-electron chi connectivity index (χ2n) is 9.27. The quantitative estimate of drug-likeness (QED) is 0.756. The zero-order valence-electron chi connectivity index (χ0n) is 17.5. The van der Waals surface area contributed by atoms with Gasteiger partial charge in [-0.1, -0.05) is 30.3 Å². The van der Waals surface area contributed by atoms with Gasteiger partial charge in [0, 0.05) is 11.9 Å². The van der Waals surface area contributed by atoms with Crippen molar-refractivity contribution in [2.75, 3.05) is 0 Å². The average Bonchev–Trinajstić information content (AvgIpc) is 2.72. The lowest BCUT2D eigenvalue weighted by atomic mass is 9.65. The zero-order valence-corrected chi connectivity index (χ0v) is 18.3. The summed E-state index contributed by atoms with van der Waals surface area (Å²) in [5.41, 5.74) is 0.466. The van der Waals surface area contributed by atoms with Crippen molar-refractivity contribution in [3.8, 4) is 0 Å². The number of nitrogens with one attached hydrogen (secondary N) is 1. The van der Waals surface area contributed by atoms with Gasteiger partial charge >= 0.3 is 7.12 Å². The first-order valence-corrected chi connectivity index (χ1v) is 10.6. The fourth-order valence-corrected chi connectivity index (χ4v) is 3.76. The topological polar surface area (TPSA) is 47.6 Å². The van der Waals surface area contributed by atoms with Crippen molar-refractivity contribution in [3.05, 3.63) is 35.9 Å². The van der Waals surface area contributed by atoms with Gasteiger partial charge in [-0.05, 0) is 67.4 Å². The Hall–Kier alpha value is -0.685. The molecule has 1 aliphatic rings. The minimum absolute atomic E-state index is 0.0232. The number of hydrogen-bond acceptors (Lipinski definition) is 3. The van der Waals surface area contributed by atoms with E-state index in [0.717, 1.165) is 6.42 Å². The second-order valence-corrected chi connectivity index (χ2v) is 11.3. The molecule has 1 fully saturated rings. The number of benzene rings is 1. The molecule has 26 heavy (non-hydrogen) atoms. The molecule has 2 rings (SSSR count). The molecule has 0 aliphatic carbocycles. The largest absolute Gasteiger partial charge is 0.463 e. The molecule has 0 aromatic heterocycles. The summed E-state index contributed by atoms with van der Waals surface area (Å²) in [6.45, 7) is 16.3. The molecule has 4 nitrogen and oxygen atoms in total. The average molecular weight is 379 g/mol. The van der Waals surface area contributed by atoms with E-state index in [1.807, 2.05) is 39.0 Å². The highest BCUT2D eigenvalue weighted by Crippen LogP contribution is 2.41. The van der Waals surface area contributed by atoms with Gasteiger partial charge in [-0.25, -0.2) is 8.93 Å². The molecule has 1 saturated heterocycles. The Bertz CT molecular complexity index is 612. The first-order chi connectivity index (χ1) is 11.8. The van der Waals surface area contributed by atoms with Gasteiger partial charge in [0.05, 0.1) is 26.9 Å². The van der Waals surface area contributed by atoms with Crippen molar-refractivity contribution in [1.29, 1.82) is 0 Å². The van der Waals surface area contributed by atoms with Crippen LogP contribution in [-0.4, -0.2) is 33.3 Å². The molecule has 146 valence electrons. The molecule has 0 unspecified atom stereocenters. The summed E-state index contributed by atoms with van der Waals surface area (Å²) in [5.74, 6) is 0.0461. The molecule has 0 radical (unpaired) electrons.